The van der Waals surface area contributed by atoms with Gasteiger partial charge in [-0.15, -0.1) is 10.2 Å². The van der Waals surface area contributed by atoms with Crippen LogP contribution in [0, 0.1) is 10.1 Å². The fourth-order valence-electron chi connectivity index (χ4n) is 3.23. The Morgan fingerprint density at radius 1 is 1.06 bits per heavy atom. The second kappa shape index (κ2) is 10.3. The van der Waals surface area contributed by atoms with Gasteiger partial charge in [-0.2, -0.15) is 0 Å². The highest BCUT2D eigenvalue weighted by Gasteiger charge is 2.22. The number of thioether (sulfide) groups is 1. The first kappa shape index (κ1) is 23.8. The Labute approximate surface area is 204 Å². The number of hydrogen-bond donors (Lipinski definition) is 2. The smallest absolute Gasteiger partial charge is 0.269 e. The molecule has 1 aromatic heterocycles. The molecule has 178 valence electrons. The summed E-state index contributed by atoms with van der Waals surface area (Å²) in [5.74, 6) is 1.08. The standard InChI is InChI=1S/C24H21N5O5S/c1-15(23(31)25-17-5-7-19(8-6-17)29(32)33)35-24-27-26-22(16-3-11-20(30)12-4-16)28(24)18-9-13-21(34-2)14-10-18/h3-15,30H,1-2H3,(H,25,31). The van der Waals surface area contributed by atoms with Crippen molar-refractivity contribution in [1.82, 2.24) is 14.8 Å². The number of hydrogen-bond acceptors (Lipinski definition) is 8. The highest BCUT2D eigenvalue weighted by molar-refractivity contribution is 8.00. The van der Waals surface area contributed by atoms with E-state index in [1.54, 1.807) is 38.3 Å². The zero-order chi connectivity index (χ0) is 24.9. The normalized spacial score (nSPS) is 11.6. The fraction of sp³-hybridized carbons (Fsp3) is 0.125. The SMILES string of the molecule is COc1ccc(-n2c(SC(C)C(=O)Nc3ccc([N+](=O)[O-])cc3)nnc2-c2ccc(O)cc2)cc1. The van der Waals surface area contributed by atoms with Crippen LogP contribution < -0.4 is 10.1 Å². The summed E-state index contributed by atoms with van der Waals surface area (Å²) in [7, 11) is 1.59. The fourth-order valence-corrected chi connectivity index (χ4v) is 4.10. The molecule has 11 heteroatoms. The number of nitrogens with zero attached hydrogens (tertiary/aromatic N) is 4. The molecule has 10 nitrogen and oxygen atoms in total. The lowest BCUT2D eigenvalue weighted by Crippen LogP contribution is -2.22. The van der Waals surface area contributed by atoms with Gasteiger partial charge in [0.2, 0.25) is 5.91 Å². The van der Waals surface area contributed by atoms with Crippen molar-refractivity contribution in [2.75, 3.05) is 12.4 Å². The maximum atomic E-state index is 12.8. The number of phenols is 1. The van der Waals surface area contributed by atoms with Gasteiger partial charge in [-0.3, -0.25) is 19.5 Å². The first-order valence-electron chi connectivity index (χ1n) is 10.5. The number of amides is 1. The third-order valence-electron chi connectivity index (χ3n) is 5.09. The van der Waals surface area contributed by atoms with Crippen molar-refractivity contribution < 1.29 is 19.6 Å². The van der Waals surface area contributed by atoms with Crippen LogP contribution in [0.1, 0.15) is 6.92 Å². The molecule has 0 aliphatic rings. The zero-order valence-electron chi connectivity index (χ0n) is 18.8. The molecule has 0 fully saturated rings. The minimum absolute atomic E-state index is 0.0558. The van der Waals surface area contributed by atoms with Gasteiger partial charge in [-0.05, 0) is 67.6 Å². The van der Waals surface area contributed by atoms with E-state index in [-0.39, 0.29) is 17.3 Å². The molecular weight excluding hydrogens is 470 g/mol. The molecule has 0 saturated carbocycles. The Balaban J connectivity index is 1.61. The number of carbonyl (C=O) groups is 1. The summed E-state index contributed by atoms with van der Waals surface area (Å²) in [6.07, 6.45) is 0. The molecule has 0 saturated heterocycles. The summed E-state index contributed by atoms with van der Waals surface area (Å²) in [6, 6.07) is 19.6. The number of nitro benzene ring substituents is 1. The van der Waals surface area contributed by atoms with E-state index in [0.717, 1.165) is 11.3 Å². The van der Waals surface area contributed by atoms with E-state index in [1.165, 1.54) is 36.0 Å². The molecule has 1 amide bonds. The third kappa shape index (κ3) is 5.41. The first-order valence-corrected chi connectivity index (χ1v) is 11.3. The molecule has 1 heterocycles. The minimum Gasteiger partial charge on any atom is -0.508 e. The summed E-state index contributed by atoms with van der Waals surface area (Å²) in [5, 5.41) is 31.8. The zero-order valence-corrected chi connectivity index (χ0v) is 19.6. The molecule has 1 atom stereocenters. The number of nitro groups is 1. The Hall–Kier alpha value is -4.38. The highest BCUT2D eigenvalue weighted by Crippen LogP contribution is 2.32. The summed E-state index contributed by atoms with van der Waals surface area (Å²) >= 11 is 1.22. The number of rotatable bonds is 8. The van der Waals surface area contributed by atoms with E-state index >= 15 is 0 Å². The van der Waals surface area contributed by atoms with Crippen LogP contribution in [0.5, 0.6) is 11.5 Å². The van der Waals surface area contributed by atoms with Gasteiger partial charge < -0.3 is 15.2 Å². The Bertz CT molecular complexity index is 1340. The van der Waals surface area contributed by atoms with E-state index in [0.29, 0.717) is 22.4 Å². The van der Waals surface area contributed by atoms with Gasteiger partial charge >= 0.3 is 0 Å². The Morgan fingerprint density at radius 3 is 2.31 bits per heavy atom. The number of ether oxygens (including phenoxy) is 1. The van der Waals surface area contributed by atoms with Gasteiger partial charge in [0.05, 0.1) is 17.3 Å². The second-order valence-corrected chi connectivity index (χ2v) is 8.75. The molecule has 0 aliphatic heterocycles. The van der Waals surface area contributed by atoms with Gasteiger partial charge in [0, 0.05) is 29.1 Å². The van der Waals surface area contributed by atoms with E-state index in [9.17, 15) is 20.0 Å². The van der Waals surface area contributed by atoms with Gasteiger partial charge in [0.1, 0.15) is 11.5 Å². The number of anilines is 1. The quantitative estimate of drug-likeness (QED) is 0.206. The Morgan fingerprint density at radius 2 is 1.71 bits per heavy atom. The van der Waals surface area contributed by atoms with Crippen molar-refractivity contribution in [3.8, 4) is 28.6 Å². The lowest BCUT2D eigenvalue weighted by atomic mass is 10.2. The van der Waals surface area contributed by atoms with E-state index in [1.807, 2.05) is 28.8 Å². The van der Waals surface area contributed by atoms with Crippen molar-refractivity contribution in [3.05, 3.63) is 82.9 Å². The number of nitrogens with one attached hydrogen (secondary N) is 1. The average Bonchev–Trinajstić information content (AvgIpc) is 3.28. The third-order valence-corrected chi connectivity index (χ3v) is 6.13. The molecule has 0 bridgehead atoms. The van der Waals surface area contributed by atoms with Crippen molar-refractivity contribution in [2.24, 2.45) is 0 Å². The second-order valence-electron chi connectivity index (χ2n) is 7.44. The number of benzene rings is 3. The molecule has 0 radical (unpaired) electrons. The first-order chi connectivity index (χ1) is 16.9. The minimum atomic E-state index is -0.556. The monoisotopic (exact) mass is 491 g/mol. The van der Waals surface area contributed by atoms with Gasteiger partial charge in [-0.1, -0.05) is 11.8 Å². The predicted octanol–water partition coefficient (Wildman–Crippen LogP) is 4.68. The summed E-state index contributed by atoms with van der Waals surface area (Å²) in [6.45, 7) is 1.73. The molecule has 3 aromatic carbocycles. The van der Waals surface area contributed by atoms with Crippen LogP contribution in [-0.4, -0.2) is 43.1 Å². The van der Waals surface area contributed by atoms with Crippen LogP contribution in [-0.2, 0) is 4.79 Å². The maximum Gasteiger partial charge on any atom is 0.269 e. The topological polar surface area (TPSA) is 132 Å². The number of carbonyl (C=O) groups excluding carboxylic acids is 1. The van der Waals surface area contributed by atoms with Crippen LogP contribution in [0.2, 0.25) is 0 Å². The Kier molecular flexibility index (Phi) is 6.97. The lowest BCUT2D eigenvalue weighted by molar-refractivity contribution is -0.384. The van der Waals surface area contributed by atoms with Gasteiger partial charge in [0.25, 0.3) is 5.69 Å². The van der Waals surface area contributed by atoms with E-state index in [2.05, 4.69) is 15.5 Å². The van der Waals surface area contributed by atoms with Crippen molar-refractivity contribution in [1.29, 1.82) is 0 Å². The summed E-state index contributed by atoms with van der Waals surface area (Å²) < 4.78 is 7.08. The van der Waals surface area contributed by atoms with Gasteiger partial charge in [0.15, 0.2) is 11.0 Å². The van der Waals surface area contributed by atoms with Crippen LogP contribution in [0.25, 0.3) is 17.1 Å². The molecule has 0 spiro atoms. The average molecular weight is 492 g/mol. The lowest BCUT2D eigenvalue weighted by Gasteiger charge is -2.14. The number of methoxy groups -OCH3 is 1. The van der Waals surface area contributed by atoms with Crippen LogP contribution in [0.3, 0.4) is 0 Å². The number of non-ortho nitro benzene ring substituents is 1. The van der Waals surface area contributed by atoms with Crippen molar-refractivity contribution in [3.63, 3.8) is 0 Å². The van der Waals surface area contributed by atoms with E-state index in [4.69, 9.17) is 4.74 Å². The highest BCUT2D eigenvalue weighted by atomic mass is 32.2. The molecule has 1 unspecified atom stereocenters. The molecule has 4 rings (SSSR count). The molecule has 2 N–H and O–H groups in total. The van der Waals surface area contributed by atoms with Crippen LogP contribution >= 0.6 is 11.8 Å². The predicted molar refractivity (Wildman–Crippen MR) is 132 cm³/mol. The van der Waals surface area contributed by atoms with Crippen LogP contribution in [0.4, 0.5) is 11.4 Å². The molecule has 0 aliphatic carbocycles. The largest absolute Gasteiger partial charge is 0.508 e. The van der Waals surface area contributed by atoms with Crippen molar-refractivity contribution >= 4 is 29.0 Å². The van der Waals surface area contributed by atoms with Crippen molar-refractivity contribution in [2.45, 2.75) is 17.3 Å². The maximum absolute atomic E-state index is 12.8. The van der Waals surface area contributed by atoms with E-state index < -0.39 is 10.2 Å². The molecule has 4 aromatic rings. The van der Waals surface area contributed by atoms with Crippen LogP contribution in [0.15, 0.2) is 78.0 Å². The molecular formula is C24H21N5O5S. The number of phenolic OH excluding ortho intramolecular Hbond substituents is 1. The molecule has 35 heavy (non-hydrogen) atoms. The summed E-state index contributed by atoms with van der Waals surface area (Å²) in [5.41, 5.74) is 1.90. The summed E-state index contributed by atoms with van der Waals surface area (Å²) in [4.78, 5) is 23.1. The van der Waals surface area contributed by atoms with Gasteiger partial charge in [-0.25, -0.2) is 0 Å². The number of aromatic hydroxyl groups is 1. The number of aromatic nitrogens is 3.